The summed E-state index contributed by atoms with van der Waals surface area (Å²) in [6.07, 6.45) is 3.35. The van der Waals surface area contributed by atoms with Gasteiger partial charge in [0, 0.05) is 5.56 Å². The first kappa shape index (κ1) is 19.0. The molecule has 0 unspecified atom stereocenters. The number of carboxylic acids is 1. The van der Waals surface area contributed by atoms with Crippen LogP contribution in [0.4, 0.5) is 0 Å². The van der Waals surface area contributed by atoms with Crippen LogP contribution in [-0.4, -0.2) is 18.2 Å². The molecule has 2 aromatic carbocycles. The number of rotatable bonds is 8. The molecule has 0 atom stereocenters. The van der Waals surface area contributed by atoms with Crippen LogP contribution in [0.2, 0.25) is 0 Å². The number of ether oxygens (including phenoxy) is 1. The minimum atomic E-state index is -0.857. The molecule has 0 amide bonds. The third kappa shape index (κ3) is 4.04. The van der Waals surface area contributed by atoms with Crippen molar-refractivity contribution >= 4 is 5.97 Å². The molecular weight excluding hydrogens is 312 g/mol. The van der Waals surface area contributed by atoms with E-state index in [2.05, 4.69) is 45.0 Å². The molecular formula is C22H28O3. The first-order chi connectivity index (χ1) is 12.0. The van der Waals surface area contributed by atoms with Gasteiger partial charge in [0.1, 0.15) is 5.75 Å². The van der Waals surface area contributed by atoms with Crippen LogP contribution in [-0.2, 0) is 16.6 Å². The molecule has 0 aliphatic heterocycles. The zero-order valence-electron chi connectivity index (χ0n) is 15.6. The van der Waals surface area contributed by atoms with E-state index in [0.29, 0.717) is 11.3 Å². The summed E-state index contributed by atoms with van der Waals surface area (Å²) < 4.78 is 5.28. The fraction of sp³-hybridized carbons (Fsp3) is 0.409. The van der Waals surface area contributed by atoms with Crippen molar-refractivity contribution in [3.05, 3.63) is 53.6 Å². The van der Waals surface area contributed by atoms with Crippen LogP contribution in [0.25, 0.3) is 11.1 Å². The molecule has 1 N–H and O–H groups in total. The third-order valence-corrected chi connectivity index (χ3v) is 5.48. The number of carbonyl (C=O) groups is 1. The molecule has 0 radical (unpaired) electrons. The van der Waals surface area contributed by atoms with Gasteiger partial charge in [-0.1, -0.05) is 51.1 Å². The lowest BCUT2D eigenvalue weighted by atomic mass is 9.73. The van der Waals surface area contributed by atoms with Crippen molar-refractivity contribution in [2.45, 2.75) is 51.9 Å². The topological polar surface area (TPSA) is 46.5 Å². The number of benzene rings is 2. The fourth-order valence-electron chi connectivity index (χ4n) is 3.64. The molecule has 25 heavy (non-hydrogen) atoms. The molecule has 0 heterocycles. The van der Waals surface area contributed by atoms with Gasteiger partial charge in [-0.25, -0.2) is 0 Å². The number of hydrogen-bond donors (Lipinski definition) is 1. The minimum Gasteiger partial charge on any atom is -0.496 e. The molecule has 0 aromatic heterocycles. The van der Waals surface area contributed by atoms with E-state index in [1.165, 1.54) is 5.56 Å². The quantitative estimate of drug-likeness (QED) is 0.694. The second-order valence-electron chi connectivity index (χ2n) is 6.52. The maximum Gasteiger partial charge on any atom is 0.307 e. The van der Waals surface area contributed by atoms with Crippen molar-refractivity contribution in [1.82, 2.24) is 0 Å². The molecule has 2 rings (SSSR count). The van der Waals surface area contributed by atoms with Crippen LogP contribution in [0.5, 0.6) is 5.75 Å². The SMILES string of the molecule is CCC(CC)(CC)c1ccc(-c2ccc(OC)c(CC(=O)O)c2)cc1. The first-order valence-corrected chi connectivity index (χ1v) is 8.99. The van der Waals surface area contributed by atoms with Gasteiger partial charge in [-0.05, 0) is 53.5 Å². The van der Waals surface area contributed by atoms with Crippen LogP contribution in [0.3, 0.4) is 0 Å². The third-order valence-electron chi connectivity index (χ3n) is 5.48. The standard InChI is InChI=1S/C22H28O3/c1-5-22(6-2,7-3)19-11-8-16(9-12-19)17-10-13-20(25-4)18(14-17)15-21(23)24/h8-14H,5-7,15H2,1-4H3,(H,23,24). The number of hydrogen-bond acceptors (Lipinski definition) is 2. The zero-order valence-corrected chi connectivity index (χ0v) is 15.6. The van der Waals surface area contributed by atoms with Gasteiger partial charge in [-0.15, -0.1) is 0 Å². The van der Waals surface area contributed by atoms with Crippen molar-refractivity contribution in [1.29, 1.82) is 0 Å². The molecule has 0 bridgehead atoms. The maximum atomic E-state index is 11.1. The molecule has 0 fully saturated rings. The molecule has 3 heteroatoms. The van der Waals surface area contributed by atoms with Gasteiger partial charge in [0.15, 0.2) is 0 Å². The highest BCUT2D eigenvalue weighted by molar-refractivity contribution is 5.74. The Kier molecular flexibility index (Phi) is 6.24. The molecule has 0 saturated heterocycles. The van der Waals surface area contributed by atoms with Crippen molar-refractivity contribution in [2.24, 2.45) is 0 Å². The Hall–Kier alpha value is -2.29. The van der Waals surface area contributed by atoms with Crippen LogP contribution in [0.1, 0.15) is 51.2 Å². The van der Waals surface area contributed by atoms with Crippen LogP contribution in [0, 0.1) is 0 Å². The number of carboxylic acid groups (broad SMARTS) is 1. The minimum absolute atomic E-state index is 0.0420. The Bertz CT molecular complexity index is 704. The molecule has 0 aliphatic carbocycles. The van der Waals surface area contributed by atoms with Gasteiger partial charge >= 0.3 is 5.97 Å². The van der Waals surface area contributed by atoms with Gasteiger partial charge in [-0.2, -0.15) is 0 Å². The monoisotopic (exact) mass is 340 g/mol. The predicted octanol–water partition coefficient (Wildman–Crippen LogP) is 5.46. The Morgan fingerprint density at radius 3 is 2.00 bits per heavy atom. The Balaban J connectivity index is 2.38. The molecule has 3 nitrogen and oxygen atoms in total. The van der Waals surface area contributed by atoms with Gasteiger partial charge in [-0.3, -0.25) is 4.79 Å². The van der Waals surface area contributed by atoms with Gasteiger partial charge in [0.2, 0.25) is 0 Å². The van der Waals surface area contributed by atoms with E-state index >= 15 is 0 Å². The Labute approximate surface area is 150 Å². The zero-order chi connectivity index (χ0) is 18.4. The average molecular weight is 340 g/mol. The molecule has 0 saturated carbocycles. The summed E-state index contributed by atoms with van der Waals surface area (Å²) in [5.41, 5.74) is 4.42. The lowest BCUT2D eigenvalue weighted by molar-refractivity contribution is -0.136. The summed E-state index contributed by atoms with van der Waals surface area (Å²) in [7, 11) is 1.56. The Morgan fingerprint density at radius 1 is 0.960 bits per heavy atom. The largest absolute Gasteiger partial charge is 0.496 e. The normalized spacial score (nSPS) is 11.4. The van der Waals surface area contributed by atoms with Crippen LogP contribution < -0.4 is 4.74 Å². The lowest BCUT2D eigenvalue weighted by Gasteiger charge is -2.31. The second kappa shape index (κ2) is 8.19. The summed E-state index contributed by atoms with van der Waals surface area (Å²) in [4.78, 5) is 11.1. The molecule has 2 aromatic rings. The van der Waals surface area contributed by atoms with E-state index in [1.54, 1.807) is 7.11 Å². The summed E-state index contributed by atoms with van der Waals surface area (Å²) in [5.74, 6) is -0.242. The van der Waals surface area contributed by atoms with Crippen molar-refractivity contribution in [3.8, 4) is 16.9 Å². The van der Waals surface area contributed by atoms with Crippen LogP contribution >= 0.6 is 0 Å². The van der Waals surface area contributed by atoms with E-state index in [4.69, 9.17) is 9.84 Å². The van der Waals surface area contributed by atoms with Gasteiger partial charge < -0.3 is 9.84 Å². The van der Waals surface area contributed by atoms with E-state index in [0.717, 1.165) is 30.4 Å². The maximum absolute atomic E-state index is 11.1. The van der Waals surface area contributed by atoms with Gasteiger partial charge in [0.25, 0.3) is 0 Å². The lowest BCUT2D eigenvalue weighted by Crippen LogP contribution is -2.23. The first-order valence-electron chi connectivity index (χ1n) is 8.99. The summed E-state index contributed by atoms with van der Waals surface area (Å²) in [6.45, 7) is 6.76. The van der Waals surface area contributed by atoms with Gasteiger partial charge in [0.05, 0.1) is 13.5 Å². The van der Waals surface area contributed by atoms with Crippen molar-refractivity contribution in [3.63, 3.8) is 0 Å². The summed E-state index contributed by atoms with van der Waals surface area (Å²) >= 11 is 0. The summed E-state index contributed by atoms with van der Waals surface area (Å²) in [5, 5.41) is 9.10. The summed E-state index contributed by atoms with van der Waals surface area (Å²) in [6, 6.07) is 14.4. The highest BCUT2D eigenvalue weighted by Gasteiger charge is 2.25. The fourth-order valence-corrected chi connectivity index (χ4v) is 3.64. The molecule has 134 valence electrons. The van der Waals surface area contributed by atoms with Crippen molar-refractivity contribution < 1.29 is 14.6 Å². The average Bonchev–Trinajstić information content (AvgIpc) is 2.64. The Morgan fingerprint density at radius 2 is 1.52 bits per heavy atom. The van der Waals surface area contributed by atoms with E-state index in [1.807, 2.05) is 18.2 Å². The van der Waals surface area contributed by atoms with E-state index in [-0.39, 0.29) is 11.8 Å². The highest BCUT2D eigenvalue weighted by Crippen LogP contribution is 2.36. The van der Waals surface area contributed by atoms with E-state index in [9.17, 15) is 4.79 Å². The number of methoxy groups -OCH3 is 1. The highest BCUT2D eigenvalue weighted by atomic mass is 16.5. The van der Waals surface area contributed by atoms with Crippen molar-refractivity contribution in [2.75, 3.05) is 7.11 Å². The van der Waals surface area contributed by atoms with Crippen LogP contribution in [0.15, 0.2) is 42.5 Å². The molecule has 0 aliphatic rings. The molecule has 0 spiro atoms. The number of aliphatic carboxylic acids is 1. The second-order valence-corrected chi connectivity index (χ2v) is 6.52. The smallest absolute Gasteiger partial charge is 0.307 e. The predicted molar refractivity (Wildman–Crippen MR) is 102 cm³/mol. The van der Waals surface area contributed by atoms with E-state index < -0.39 is 5.97 Å².